The van der Waals surface area contributed by atoms with E-state index in [0.717, 1.165) is 16.7 Å². The van der Waals surface area contributed by atoms with E-state index < -0.39 is 0 Å². The zero-order chi connectivity index (χ0) is 26.9. The van der Waals surface area contributed by atoms with E-state index in [4.69, 9.17) is 26.7 Å². The molecule has 2 aromatic carbocycles. The molecular weight excluding hydrogens is 532 g/mol. The van der Waals surface area contributed by atoms with Crippen molar-refractivity contribution in [2.45, 2.75) is 19.9 Å². The summed E-state index contributed by atoms with van der Waals surface area (Å²) in [4.78, 5) is 33.8. The average Bonchev–Trinajstić information content (AvgIpc) is 3.52. The van der Waals surface area contributed by atoms with Crippen LogP contribution in [-0.2, 0) is 17.8 Å². The van der Waals surface area contributed by atoms with Crippen LogP contribution in [0.25, 0.3) is 11.7 Å². The number of carbonyl (C=O) groups is 1. The Morgan fingerprint density at radius 1 is 1.05 bits per heavy atom. The maximum absolute atomic E-state index is 13.7. The van der Waals surface area contributed by atoms with Crippen molar-refractivity contribution in [2.75, 3.05) is 18.7 Å². The summed E-state index contributed by atoms with van der Waals surface area (Å²) in [6.45, 7) is 2.96. The minimum absolute atomic E-state index is 0.197. The number of nitrogens with one attached hydrogen (secondary N) is 1. The molecule has 2 aromatic heterocycles. The summed E-state index contributed by atoms with van der Waals surface area (Å²) in [6.07, 6.45) is 3.97. The second-order valence-corrected chi connectivity index (χ2v) is 10.8. The molecule has 0 bridgehead atoms. The predicted octanol–water partition coefficient (Wildman–Crippen LogP) is 4.79. The molecule has 2 aliphatic rings. The molecule has 0 saturated carbocycles. The van der Waals surface area contributed by atoms with Gasteiger partial charge in [0, 0.05) is 19.3 Å². The lowest BCUT2D eigenvalue weighted by molar-refractivity contribution is -0.122. The lowest BCUT2D eigenvalue weighted by atomic mass is 10.1. The maximum atomic E-state index is 13.7. The average molecular weight is 557 g/mol. The Morgan fingerprint density at radius 2 is 1.87 bits per heavy atom. The molecule has 4 heterocycles. The van der Waals surface area contributed by atoms with E-state index in [1.54, 1.807) is 23.2 Å². The van der Waals surface area contributed by atoms with E-state index in [0.29, 0.717) is 57.3 Å². The van der Waals surface area contributed by atoms with Crippen LogP contribution in [0.1, 0.15) is 22.3 Å². The number of ether oxygens (including phenoxy) is 2. The molecule has 1 N–H and O–H groups in total. The molecular formula is C29H24N4O4S2. The van der Waals surface area contributed by atoms with Gasteiger partial charge in [0.25, 0.3) is 11.5 Å². The van der Waals surface area contributed by atoms with Crippen molar-refractivity contribution in [1.82, 2.24) is 14.3 Å². The van der Waals surface area contributed by atoms with Crippen molar-refractivity contribution in [3.63, 3.8) is 0 Å². The van der Waals surface area contributed by atoms with Crippen molar-refractivity contribution < 1.29 is 14.3 Å². The Hall–Kier alpha value is -4.15. The van der Waals surface area contributed by atoms with Gasteiger partial charge in [-0.15, -0.1) is 0 Å². The Balaban J connectivity index is 1.32. The molecule has 1 fully saturated rings. The first-order valence-electron chi connectivity index (χ1n) is 12.4. The van der Waals surface area contributed by atoms with Crippen LogP contribution in [0.5, 0.6) is 11.5 Å². The van der Waals surface area contributed by atoms with Crippen molar-refractivity contribution in [1.29, 1.82) is 0 Å². The number of thiocarbonyl (C=S) groups is 1. The van der Waals surface area contributed by atoms with Gasteiger partial charge in [-0.25, -0.2) is 4.98 Å². The Labute approximate surface area is 234 Å². The second-order valence-electron chi connectivity index (χ2n) is 9.17. The Morgan fingerprint density at radius 3 is 2.72 bits per heavy atom. The Kier molecular flexibility index (Phi) is 6.80. The molecule has 196 valence electrons. The highest BCUT2D eigenvalue weighted by Crippen LogP contribution is 2.34. The van der Waals surface area contributed by atoms with E-state index in [1.807, 2.05) is 61.5 Å². The number of hydrogen-bond acceptors (Lipinski definition) is 8. The summed E-state index contributed by atoms with van der Waals surface area (Å²) < 4.78 is 12.9. The van der Waals surface area contributed by atoms with E-state index >= 15 is 0 Å². The van der Waals surface area contributed by atoms with Gasteiger partial charge in [0.2, 0.25) is 6.79 Å². The van der Waals surface area contributed by atoms with Crippen LogP contribution < -0.4 is 20.3 Å². The van der Waals surface area contributed by atoms with Crippen LogP contribution in [0.3, 0.4) is 0 Å². The van der Waals surface area contributed by atoms with Gasteiger partial charge in [0.15, 0.2) is 11.5 Å². The third-order valence-corrected chi connectivity index (χ3v) is 7.97. The summed E-state index contributed by atoms with van der Waals surface area (Å²) >= 11 is 6.73. The van der Waals surface area contributed by atoms with Crippen LogP contribution in [0.2, 0.25) is 0 Å². The summed E-state index contributed by atoms with van der Waals surface area (Å²) in [7, 11) is 0. The normalized spacial score (nSPS) is 15.5. The molecule has 0 atom stereocenters. The van der Waals surface area contributed by atoms with Crippen molar-refractivity contribution in [3.05, 3.63) is 104 Å². The minimum Gasteiger partial charge on any atom is -0.454 e. The van der Waals surface area contributed by atoms with Gasteiger partial charge < -0.3 is 14.8 Å². The number of nitrogens with zero attached hydrogens (tertiary/aromatic N) is 3. The third-order valence-electron chi connectivity index (χ3n) is 6.60. The number of anilines is 1. The first kappa shape index (κ1) is 25.1. The largest absolute Gasteiger partial charge is 0.454 e. The van der Waals surface area contributed by atoms with E-state index in [9.17, 15) is 9.59 Å². The van der Waals surface area contributed by atoms with Crippen molar-refractivity contribution in [3.8, 4) is 11.5 Å². The highest BCUT2D eigenvalue weighted by Gasteiger charge is 2.32. The van der Waals surface area contributed by atoms with Crippen LogP contribution in [0.15, 0.2) is 76.6 Å². The van der Waals surface area contributed by atoms with Crippen molar-refractivity contribution >= 4 is 51.7 Å². The standard InChI is InChI=1S/C29H24N4O4S2/c1-18-6-5-12-32-26(18)31-25(30-16-20-9-10-22-23(14-20)37-17-36-22)21(27(32)34)15-24-28(35)33(29(38)39-24)13-11-19-7-3-2-4-8-19/h2-10,12,14-15,30H,11,13,16-17H2,1H3. The van der Waals surface area contributed by atoms with Gasteiger partial charge in [-0.3, -0.25) is 18.9 Å². The fraction of sp³-hybridized carbons (Fsp3) is 0.172. The summed E-state index contributed by atoms with van der Waals surface area (Å²) in [5.74, 6) is 1.56. The van der Waals surface area contributed by atoms with Gasteiger partial charge >= 0.3 is 0 Å². The highest BCUT2D eigenvalue weighted by molar-refractivity contribution is 8.26. The number of pyridine rings is 1. The van der Waals surface area contributed by atoms with Crippen molar-refractivity contribution in [2.24, 2.45) is 0 Å². The number of amides is 1. The Bertz CT molecular complexity index is 1700. The number of rotatable bonds is 7. The molecule has 0 radical (unpaired) electrons. The first-order chi connectivity index (χ1) is 19.0. The smallest absolute Gasteiger partial charge is 0.267 e. The number of hydrogen-bond donors (Lipinski definition) is 1. The van der Waals surface area contributed by atoms with Crippen LogP contribution in [-0.4, -0.2) is 37.8 Å². The number of carbonyl (C=O) groups excluding carboxylic acids is 1. The number of thioether (sulfide) groups is 1. The lowest BCUT2D eigenvalue weighted by Gasteiger charge is -2.14. The zero-order valence-corrected chi connectivity index (χ0v) is 22.7. The SMILES string of the molecule is Cc1cccn2c(=O)c(C=C3SC(=S)N(CCc4ccccc4)C3=O)c(NCc3ccc4c(c3)OCO4)nc12. The number of aromatic nitrogens is 2. The quantitative estimate of drug-likeness (QED) is 0.257. The lowest BCUT2D eigenvalue weighted by Crippen LogP contribution is -2.30. The molecule has 1 amide bonds. The molecule has 4 aromatic rings. The van der Waals surface area contributed by atoms with Crippen LogP contribution >= 0.6 is 24.0 Å². The number of aryl methyl sites for hydroxylation is 1. The zero-order valence-electron chi connectivity index (χ0n) is 21.0. The summed E-state index contributed by atoms with van der Waals surface area (Å²) in [5.41, 5.74) is 3.48. The maximum Gasteiger partial charge on any atom is 0.267 e. The van der Waals surface area contributed by atoms with Gasteiger partial charge in [0.1, 0.15) is 15.8 Å². The summed E-state index contributed by atoms with van der Waals surface area (Å²) in [5, 5.41) is 3.31. The molecule has 2 aliphatic heterocycles. The second kappa shape index (κ2) is 10.5. The highest BCUT2D eigenvalue weighted by atomic mass is 32.2. The van der Waals surface area contributed by atoms with Gasteiger partial charge in [-0.2, -0.15) is 0 Å². The molecule has 8 nitrogen and oxygen atoms in total. The number of benzene rings is 2. The number of fused-ring (bicyclic) bond motifs is 2. The molecule has 0 unspecified atom stereocenters. The topological polar surface area (TPSA) is 85.2 Å². The van der Waals surface area contributed by atoms with Crippen LogP contribution in [0.4, 0.5) is 5.82 Å². The van der Waals surface area contributed by atoms with E-state index in [1.165, 1.54) is 16.2 Å². The van der Waals surface area contributed by atoms with Crippen LogP contribution in [0, 0.1) is 6.92 Å². The fourth-order valence-electron chi connectivity index (χ4n) is 4.52. The van der Waals surface area contributed by atoms with E-state index in [2.05, 4.69) is 5.32 Å². The summed E-state index contributed by atoms with van der Waals surface area (Å²) in [6, 6.07) is 19.3. The minimum atomic E-state index is -0.272. The van der Waals surface area contributed by atoms with Gasteiger partial charge in [-0.1, -0.05) is 66.4 Å². The molecule has 0 spiro atoms. The molecule has 10 heteroatoms. The third kappa shape index (κ3) is 5.00. The van der Waals surface area contributed by atoms with E-state index in [-0.39, 0.29) is 18.3 Å². The fourth-order valence-corrected chi connectivity index (χ4v) is 5.81. The first-order valence-corrected chi connectivity index (χ1v) is 13.6. The molecule has 39 heavy (non-hydrogen) atoms. The molecule has 6 rings (SSSR count). The molecule has 0 aliphatic carbocycles. The molecule has 1 saturated heterocycles. The monoisotopic (exact) mass is 556 g/mol. The van der Waals surface area contributed by atoms with Gasteiger partial charge in [-0.05, 0) is 54.3 Å². The predicted molar refractivity (Wildman–Crippen MR) is 156 cm³/mol. The van der Waals surface area contributed by atoms with Gasteiger partial charge in [0.05, 0.1) is 10.5 Å².